The van der Waals surface area contributed by atoms with E-state index in [1.54, 1.807) is 6.07 Å². The fourth-order valence-corrected chi connectivity index (χ4v) is 1.40. The van der Waals surface area contributed by atoms with Gasteiger partial charge in [0.05, 0.1) is 5.02 Å². The minimum atomic E-state index is -1.09. The number of rotatable bonds is 6. The molecule has 1 rings (SSSR count). The lowest BCUT2D eigenvalue weighted by molar-refractivity contribution is -0.139. The van der Waals surface area contributed by atoms with Gasteiger partial charge in [0, 0.05) is 12.8 Å². The molecule has 0 radical (unpaired) electrons. The fourth-order valence-electron chi connectivity index (χ4n) is 1.16. The molecule has 0 aliphatic heterocycles. The van der Waals surface area contributed by atoms with Gasteiger partial charge in [0.25, 0.3) is 0 Å². The van der Waals surface area contributed by atoms with E-state index >= 15 is 0 Å². The number of carbonyl (C=O) groups excluding carboxylic acids is 1. The summed E-state index contributed by atoms with van der Waals surface area (Å²) in [5, 5.41) is 11.2. The van der Waals surface area contributed by atoms with E-state index in [-0.39, 0.29) is 23.3 Å². The van der Waals surface area contributed by atoms with E-state index in [0.717, 1.165) is 0 Å². The Kier molecular flexibility index (Phi) is 5.41. The molecule has 0 unspecified atom stereocenters. The summed E-state index contributed by atoms with van der Waals surface area (Å²) in [7, 11) is 1.41. The maximum atomic E-state index is 11.2. The number of nitrogens with one attached hydrogen (secondary N) is 1. The molecule has 0 saturated carbocycles. The number of hydrogen-bond donors (Lipinski definition) is 2. The Morgan fingerprint density at radius 2 is 2.11 bits per heavy atom. The maximum absolute atomic E-state index is 11.2. The summed E-state index contributed by atoms with van der Waals surface area (Å²) < 4.78 is 9.60. The van der Waals surface area contributed by atoms with Crippen LogP contribution in [-0.4, -0.2) is 37.3 Å². The molecule has 1 aromatic rings. The molecule has 1 amide bonds. The number of carboxylic acids is 1. The minimum Gasteiger partial charge on any atom is -0.480 e. The molecule has 6 nitrogen and oxygen atoms in total. The number of amides is 1. The average molecular weight is 274 g/mol. The second kappa shape index (κ2) is 6.83. The number of carboxylic acid groups (broad SMARTS) is 1. The quantitative estimate of drug-likeness (QED) is 0.818. The van der Waals surface area contributed by atoms with Crippen molar-refractivity contribution < 1.29 is 24.2 Å². The highest BCUT2D eigenvalue weighted by molar-refractivity contribution is 6.32. The van der Waals surface area contributed by atoms with E-state index in [1.807, 2.05) is 0 Å². The molecule has 2 N–H and O–H groups in total. The zero-order valence-corrected chi connectivity index (χ0v) is 10.4. The Balaban J connectivity index is 2.67. The Labute approximate surface area is 108 Å². The number of methoxy groups -OCH3 is 1. The van der Waals surface area contributed by atoms with Crippen LogP contribution in [0.5, 0.6) is 5.75 Å². The number of hydrogen-bond acceptors (Lipinski definition) is 4. The Morgan fingerprint density at radius 3 is 2.67 bits per heavy atom. The molecule has 18 heavy (non-hydrogen) atoms. The predicted molar refractivity (Wildman–Crippen MR) is 65.1 cm³/mol. The Bertz CT molecular complexity index is 449. The van der Waals surface area contributed by atoms with Crippen LogP contribution in [0.4, 0.5) is 5.69 Å². The van der Waals surface area contributed by atoms with E-state index in [2.05, 4.69) is 10.1 Å². The van der Waals surface area contributed by atoms with Crippen molar-refractivity contribution in [1.29, 1.82) is 0 Å². The van der Waals surface area contributed by atoms with Gasteiger partial charge in [-0.2, -0.15) is 0 Å². The number of aliphatic carboxylic acids is 1. The third-order valence-electron chi connectivity index (χ3n) is 1.84. The zero-order chi connectivity index (χ0) is 13.5. The molecule has 0 spiro atoms. The first kappa shape index (κ1) is 14.3. The highest BCUT2D eigenvalue weighted by Crippen LogP contribution is 2.27. The van der Waals surface area contributed by atoms with Crippen LogP contribution in [0.25, 0.3) is 0 Å². The monoisotopic (exact) mass is 273 g/mol. The summed E-state index contributed by atoms with van der Waals surface area (Å²) >= 11 is 5.87. The molecule has 1 aromatic carbocycles. The van der Waals surface area contributed by atoms with Gasteiger partial charge in [0.2, 0.25) is 5.91 Å². The number of benzene rings is 1. The van der Waals surface area contributed by atoms with E-state index in [1.165, 1.54) is 19.2 Å². The first-order chi connectivity index (χ1) is 8.52. The van der Waals surface area contributed by atoms with Gasteiger partial charge in [-0.1, -0.05) is 11.6 Å². The second-order valence-corrected chi connectivity index (χ2v) is 3.72. The lowest BCUT2D eigenvalue weighted by atomic mass is 10.3. The Hall–Kier alpha value is -1.79. The summed E-state index contributed by atoms with van der Waals surface area (Å²) in [4.78, 5) is 21.6. The van der Waals surface area contributed by atoms with Gasteiger partial charge in [-0.3, -0.25) is 4.79 Å². The molecule has 0 aromatic heterocycles. The molecule has 0 aliphatic rings. The van der Waals surface area contributed by atoms with Crippen LogP contribution in [0.1, 0.15) is 0 Å². The standard InChI is InChI=1S/C11H12ClNO5/c1-17-5-10(14)13-7-2-3-9(8(12)4-7)18-6-11(15)16/h2-4H,5-6H2,1H3,(H,13,14)(H,15,16). The van der Waals surface area contributed by atoms with Crippen molar-refractivity contribution in [2.75, 3.05) is 25.6 Å². The van der Waals surface area contributed by atoms with Crippen LogP contribution in [0, 0.1) is 0 Å². The third kappa shape index (κ3) is 4.60. The van der Waals surface area contributed by atoms with Crippen LogP contribution >= 0.6 is 11.6 Å². The van der Waals surface area contributed by atoms with Crippen LogP contribution in [0.2, 0.25) is 5.02 Å². The van der Waals surface area contributed by atoms with Crippen molar-refractivity contribution in [1.82, 2.24) is 0 Å². The molecular weight excluding hydrogens is 262 g/mol. The molecule has 7 heteroatoms. The molecule has 98 valence electrons. The molecule has 0 saturated heterocycles. The van der Waals surface area contributed by atoms with Crippen molar-refractivity contribution in [2.24, 2.45) is 0 Å². The SMILES string of the molecule is COCC(=O)Nc1ccc(OCC(=O)O)c(Cl)c1. The van der Waals surface area contributed by atoms with Gasteiger partial charge in [-0.05, 0) is 18.2 Å². The number of halogens is 1. The lowest BCUT2D eigenvalue weighted by Crippen LogP contribution is -2.17. The van der Waals surface area contributed by atoms with E-state index in [4.69, 9.17) is 21.4 Å². The summed E-state index contributed by atoms with van der Waals surface area (Å²) in [6.07, 6.45) is 0. The fraction of sp³-hybridized carbons (Fsp3) is 0.273. The summed E-state index contributed by atoms with van der Waals surface area (Å²) in [6, 6.07) is 4.50. The number of carbonyl (C=O) groups is 2. The van der Waals surface area contributed by atoms with Crippen molar-refractivity contribution in [2.45, 2.75) is 0 Å². The normalized spacial score (nSPS) is 9.89. The first-order valence-electron chi connectivity index (χ1n) is 4.96. The number of anilines is 1. The molecule has 0 atom stereocenters. The molecule has 0 aliphatic carbocycles. The highest BCUT2D eigenvalue weighted by Gasteiger charge is 2.07. The third-order valence-corrected chi connectivity index (χ3v) is 2.14. The van der Waals surface area contributed by atoms with E-state index in [9.17, 15) is 9.59 Å². The van der Waals surface area contributed by atoms with Gasteiger partial charge < -0.3 is 19.9 Å². The van der Waals surface area contributed by atoms with Gasteiger partial charge in [-0.15, -0.1) is 0 Å². The molecule has 0 fully saturated rings. The average Bonchev–Trinajstić information content (AvgIpc) is 2.28. The minimum absolute atomic E-state index is 0.0606. The van der Waals surface area contributed by atoms with Crippen molar-refractivity contribution in [3.63, 3.8) is 0 Å². The zero-order valence-electron chi connectivity index (χ0n) is 9.60. The lowest BCUT2D eigenvalue weighted by Gasteiger charge is -2.08. The first-order valence-corrected chi connectivity index (χ1v) is 5.33. The van der Waals surface area contributed by atoms with E-state index in [0.29, 0.717) is 5.69 Å². The smallest absolute Gasteiger partial charge is 0.341 e. The second-order valence-electron chi connectivity index (χ2n) is 3.31. The largest absolute Gasteiger partial charge is 0.480 e. The van der Waals surface area contributed by atoms with Crippen molar-refractivity contribution in [3.8, 4) is 5.75 Å². The summed E-state index contributed by atoms with van der Waals surface area (Å²) in [5.74, 6) is -1.17. The topological polar surface area (TPSA) is 84.9 Å². The summed E-state index contributed by atoms with van der Waals surface area (Å²) in [6.45, 7) is -0.538. The molecule has 0 heterocycles. The molecule has 0 bridgehead atoms. The van der Waals surface area contributed by atoms with Crippen LogP contribution in [0.15, 0.2) is 18.2 Å². The van der Waals surface area contributed by atoms with E-state index < -0.39 is 12.6 Å². The van der Waals surface area contributed by atoms with Gasteiger partial charge in [0.1, 0.15) is 12.4 Å². The Morgan fingerprint density at radius 1 is 1.39 bits per heavy atom. The van der Waals surface area contributed by atoms with Crippen LogP contribution in [-0.2, 0) is 14.3 Å². The highest BCUT2D eigenvalue weighted by atomic mass is 35.5. The number of ether oxygens (including phenoxy) is 2. The van der Waals surface area contributed by atoms with Gasteiger partial charge >= 0.3 is 5.97 Å². The summed E-state index contributed by atoms with van der Waals surface area (Å²) in [5.41, 5.74) is 0.477. The van der Waals surface area contributed by atoms with Crippen molar-refractivity contribution >= 4 is 29.2 Å². The van der Waals surface area contributed by atoms with Gasteiger partial charge in [0.15, 0.2) is 6.61 Å². The van der Waals surface area contributed by atoms with Gasteiger partial charge in [-0.25, -0.2) is 4.79 Å². The molecular formula is C11H12ClNO5. The van der Waals surface area contributed by atoms with Crippen molar-refractivity contribution in [3.05, 3.63) is 23.2 Å². The van der Waals surface area contributed by atoms with Crippen LogP contribution < -0.4 is 10.1 Å². The maximum Gasteiger partial charge on any atom is 0.341 e. The predicted octanol–water partition coefficient (Wildman–Crippen LogP) is 1.39. The van der Waals surface area contributed by atoms with Crippen LogP contribution in [0.3, 0.4) is 0 Å².